The maximum absolute atomic E-state index is 14.6. The van der Waals surface area contributed by atoms with Crippen molar-refractivity contribution in [3.8, 4) is 0 Å². The van der Waals surface area contributed by atoms with Crippen LogP contribution in [0.3, 0.4) is 0 Å². The van der Waals surface area contributed by atoms with Gasteiger partial charge in [0.05, 0.1) is 5.92 Å². The van der Waals surface area contributed by atoms with Crippen LogP contribution >= 0.6 is 0 Å². The molecule has 2 saturated heterocycles. The Balaban J connectivity index is 1.60. The SMILES string of the molecule is CC(C)C[C@H](NC(=O)[C@H](CCCN)NC(=O)[C@@H](NC(=O)[C@@H]1CCCN1C(=O)[C@@H](Cc1ccccc1)NC(=O)OC(C)(C)C)C(C)C(=O)OCc1ccccc1)C(=O)NC1CC(C)(C)N(O)C(C)(C)C1. The van der Waals surface area contributed by atoms with Crippen LogP contribution in [0.1, 0.15) is 125 Å². The molecular weight excluding hydrogens is 885 g/mol. The highest BCUT2D eigenvalue weighted by atomic mass is 16.6. The van der Waals surface area contributed by atoms with Crippen LogP contribution in [0.2, 0.25) is 0 Å². The molecule has 18 nitrogen and oxygen atoms in total. The number of amides is 6. The van der Waals surface area contributed by atoms with E-state index in [9.17, 15) is 38.8 Å². The maximum atomic E-state index is 14.6. The number of ether oxygens (including phenoxy) is 2. The van der Waals surface area contributed by atoms with E-state index in [1.807, 2.05) is 77.9 Å². The van der Waals surface area contributed by atoms with Crippen molar-refractivity contribution < 1.29 is 48.2 Å². The molecule has 69 heavy (non-hydrogen) atoms. The number of likely N-dealkylation sites (tertiary alicyclic amines) is 1. The number of rotatable bonds is 21. The predicted molar refractivity (Wildman–Crippen MR) is 260 cm³/mol. The summed E-state index contributed by atoms with van der Waals surface area (Å²) in [7, 11) is 0. The number of nitrogens with one attached hydrogen (secondary N) is 5. The van der Waals surface area contributed by atoms with Crippen molar-refractivity contribution in [1.29, 1.82) is 0 Å². The van der Waals surface area contributed by atoms with E-state index in [4.69, 9.17) is 15.2 Å². The zero-order valence-electron chi connectivity index (χ0n) is 42.3. The molecule has 2 aromatic rings. The second-order valence-corrected chi connectivity index (χ2v) is 21.2. The van der Waals surface area contributed by atoms with Crippen molar-refractivity contribution in [3.63, 3.8) is 0 Å². The Morgan fingerprint density at radius 3 is 1.93 bits per heavy atom. The number of benzene rings is 2. The highest BCUT2D eigenvalue weighted by Crippen LogP contribution is 2.36. The molecule has 1 unspecified atom stereocenters. The Labute approximate surface area is 407 Å². The summed E-state index contributed by atoms with van der Waals surface area (Å²) in [6.07, 6.45) is 1.50. The molecule has 2 aromatic carbocycles. The van der Waals surface area contributed by atoms with Gasteiger partial charge in [-0.2, -0.15) is 5.06 Å². The van der Waals surface area contributed by atoms with Crippen LogP contribution in [-0.2, 0) is 51.3 Å². The number of carbonyl (C=O) groups excluding carboxylic acids is 7. The maximum Gasteiger partial charge on any atom is 0.408 e. The van der Waals surface area contributed by atoms with Gasteiger partial charge in [0, 0.05) is 30.1 Å². The predicted octanol–water partition coefficient (Wildman–Crippen LogP) is 4.26. The molecule has 6 atom stereocenters. The molecule has 8 N–H and O–H groups in total. The van der Waals surface area contributed by atoms with Crippen LogP contribution in [0.5, 0.6) is 0 Å². The number of hydrogen-bond donors (Lipinski definition) is 7. The Kier molecular flexibility index (Phi) is 20.1. The van der Waals surface area contributed by atoms with Crippen LogP contribution in [0.25, 0.3) is 0 Å². The molecule has 2 aliphatic heterocycles. The number of nitrogens with zero attached hydrogens (tertiary/aromatic N) is 2. The average Bonchev–Trinajstić information content (AvgIpc) is 3.77. The third-order valence-corrected chi connectivity index (χ3v) is 12.4. The molecule has 0 saturated carbocycles. The first kappa shape index (κ1) is 56.0. The quantitative estimate of drug-likeness (QED) is 0.0868. The lowest BCUT2D eigenvalue weighted by Crippen LogP contribution is -2.64. The van der Waals surface area contributed by atoms with E-state index in [1.165, 1.54) is 16.9 Å². The molecule has 0 bridgehead atoms. The lowest BCUT2D eigenvalue weighted by molar-refractivity contribution is -0.246. The molecule has 0 spiro atoms. The summed E-state index contributed by atoms with van der Waals surface area (Å²) in [4.78, 5) is 99.8. The number of alkyl carbamates (subject to hydrolysis) is 1. The Bertz CT molecular complexity index is 2040. The highest BCUT2D eigenvalue weighted by Gasteiger charge is 2.46. The third kappa shape index (κ3) is 16.8. The minimum absolute atomic E-state index is 0.0172. The number of piperidine rings is 1. The minimum Gasteiger partial charge on any atom is -0.461 e. The number of esters is 1. The Morgan fingerprint density at radius 1 is 0.783 bits per heavy atom. The summed E-state index contributed by atoms with van der Waals surface area (Å²) in [5, 5.41) is 26.3. The van der Waals surface area contributed by atoms with Gasteiger partial charge in [-0.25, -0.2) is 4.79 Å². The smallest absolute Gasteiger partial charge is 0.408 e. The molecule has 0 aromatic heterocycles. The number of hydrogen-bond acceptors (Lipinski definition) is 12. The van der Waals surface area contributed by atoms with Gasteiger partial charge in [-0.15, -0.1) is 0 Å². The summed E-state index contributed by atoms with van der Waals surface area (Å²) in [5.74, 6) is -5.33. The molecular formula is C51H78N8O10. The van der Waals surface area contributed by atoms with Gasteiger partial charge in [0.1, 0.15) is 42.4 Å². The van der Waals surface area contributed by atoms with E-state index < -0.39 is 94.4 Å². The van der Waals surface area contributed by atoms with Crippen molar-refractivity contribution in [1.82, 2.24) is 36.5 Å². The highest BCUT2D eigenvalue weighted by molar-refractivity contribution is 5.98. The van der Waals surface area contributed by atoms with E-state index in [0.29, 0.717) is 31.2 Å². The second-order valence-electron chi connectivity index (χ2n) is 21.2. The van der Waals surface area contributed by atoms with Gasteiger partial charge in [-0.1, -0.05) is 74.5 Å². The molecule has 382 valence electrons. The molecule has 2 heterocycles. The van der Waals surface area contributed by atoms with E-state index in [0.717, 1.165) is 5.56 Å². The van der Waals surface area contributed by atoms with Gasteiger partial charge >= 0.3 is 12.1 Å². The molecule has 6 amide bonds. The van der Waals surface area contributed by atoms with Crippen molar-refractivity contribution in [2.45, 2.75) is 180 Å². The van der Waals surface area contributed by atoms with Crippen LogP contribution < -0.4 is 32.3 Å². The first-order valence-electron chi connectivity index (χ1n) is 24.3. The van der Waals surface area contributed by atoms with Crippen LogP contribution in [0.15, 0.2) is 60.7 Å². The Morgan fingerprint density at radius 2 is 1.36 bits per heavy atom. The van der Waals surface area contributed by atoms with E-state index >= 15 is 0 Å². The number of nitrogens with two attached hydrogens (primary N) is 1. The van der Waals surface area contributed by atoms with Crippen molar-refractivity contribution >= 4 is 41.6 Å². The lowest BCUT2D eigenvalue weighted by atomic mass is 9.79. The van der Waals surface area contributed by atoms with Gasteiger partial charge in [-0.05, 0) is 124 Å². The summed E-state index contributed by atoms with van der Waals surface area (Å²) >= 11 is 0. The standard InChI is InChI=1S/C51H78N8O10/c1-32(2)27-38(43(61)53-36-29-50(7,8)59(67)51(9,10)30-36)55-42(60)37(23-17-25-52)54-45(63)41(33(3)47(65)68-31-35-21-15-12-16-22-35)57-44(62)40-24-18-26-58(40)46(64)39(28-34-19-13-11-14-20-34)56-48(66)69-49(4,5)6/h11-16,19-22,32-33,36-41,67H,17-18,23-31,52H2,1-10H3,(H,53,61)(H,54,63)(H,55,60)(H,56,66)(H,57,62)/t33?,37-,38-,39+,40-,41-/m0/s1. The molecule has 2 aliphatic rings. The molecule has 0 aliphatic carbocycles. The second kappa shape index (κ2) is 24.8. The topological polar surface area (TPSA) is 251 Å². The van der Waals surface area contributed by atoms with Crippen LogP contribution in [0.4, 0.5) is 4.79 Å². The van der Waals surface area contributed by atoms with E-state index in [1.54, 1.807) is 45.0 Å². The first-order chi connectivity index (χ1) is 32.3. The zero-order chi connectivity index (χ0) is 51.3. The van der Waals surface area contributed by atoms with Crippen LogP contribution in [0, 0.1) is 11.8 Å². The van der Waals surface area contributed by atoms with Crippen molar-refractivity contribution in [2.24, 2.45) is 17.6 Å². The monoisotopic (exact) mass is 963 g/mol. The lowest BCUT2D eigenvalue weighted by Gasteiger charge is -2.51. The first-order valence-corrected chi connectivity index (χ1v) is 24.3. The summed E-state index contributed by atoms with van der Waals surface area (Å²) in [6.45, 7) is 18.2. The zero-order valence-corrected chi connectivity index (χ0v) is 42.3. The molecule has 18 heteroatoms. The minimum atomic E-state index is -1.59. The van der Waals surface area contributed by atoms with Gasteiger partial charge in [0.25, 0.3) is 0 Å². The Hall–Kier alpha value is -5.59. The van der Waals surface area contributed by atoms with Gasteiger partial charge in [-0.3, -0.25) is 28.8 Å². The molecule has 0 radical (unpaired) electrons. The third-order valence-electron chi connectivity index (χ3n) is 12.4. The average molecular weight is 963 g/mol. The summed E-state index contributed by atoms with van der Waals surface area (Å²) in [5.41, 5.74) is 5.21. The summed E-state index contributed by atoms with van der Waals surface area (Å²) < 4.78 is 11.1. The van der Waals surface area contributed by atoms with Gasteiger partial charge in [0.15, 0.2) is 0 Å². The van der Waals surface area contributed by atoms with Gasteiger partial charge in [0.2, 0.25) is 29.5 Å². The van der Waals surface area contributed by atoms with Crippen molar-refractivity contribution in [3.05, 3.63) is 71.8 Å². The fourth-order valence-corrected chi connectivity index (χ4v) is 9.17. The van der Waals surface area contributed by atoms with Gasteiger partial charge < -0.3 is 51.9 Å². The number of carbonyl (C=O) groups is 7. The van der Waals surface area contributed by atoms with E-state index in [-0.39, 0.29) is 57.3 Å². The summed E-state index contributed by atoms with van der Waals surface area (Å²) in [6, 6.07) is 11.7. The van der Waals surface area contributed by atoms with Crippen molar-refractivity contribution in [2.75, 3.05) is 13.1 Å². The fraction of sp³-hybridized carbons (Fsp3) is 0.627. The van der Waals surface area contributed by atoms with Crippen LogP contribution in [-0.4, -0.2) is 123 Å². The van der Waals surface area contributed by atoms with E-state index in [2.05, 4.69) is 26.6 Å². The largest absolute Gasteiger partial charge is 0.461 e. The normalized spacial score (nSPS) is 19.3. The number of hydroxylamine groups is 2. The fourth-order valence-electron chi connectivity index (χ4n) is 9.17. The molecule has 2 fully saturated rings. The molecule has 4 rings (SSSR count).